The third-order valence-electron chi connectivity index (χ3n) is 5.09. The topological polar surface area (TPSA) is 84.5 Å². The monoisotopic (exact) mass is 472 g/mol. The van der Waals surface area contributed by atoms with Crippen molar-refractivity contribution in [3.8, 4) is 5.75 Å². The normalized spacial score (nSPS) is 12.2. The first-order chi connectivity index (χ1) is 15.2. The number of anilines is 1. The van der Waals surface area contributed by atoms with Crippen LogP contribution in [-0.2, 0) is 21.2 Å². The number of amides is 1. The predicted molar refractivity (Wildman–Crippen MR) is 127 cm³/mol. The second-order valence-corrected chi connectivity index (χ2v) is 9.57. The van der Waals surface area contributed by atoms with Crippen LogP contribution in [0.4, 0.5) is 5.69 Å². The number of halogens is 1. The molecule has 168 valence electrons. The van der Waals surface area contributed by atoms with Crippen molar-refractivity contribution in [2.75, 3.05) is 12.4 Å². The van der Waals surface area contributed by atoms with Crippen LogP contribution in [0.1, 0.15) is 16.7 Å². The van der Waals surface area contributed by atoms with Crippen LogP contribution in [0.3, 0.4) is 0 Å². The molecule has 0 aromatic heterocycles. The standard InChI is InChI=1S/C24H25ClN2O4S/c1-16-9-11-20(13-17(16)2)26-24(28)21(14-18-7-5-4-6-8-18)27-32(29,30)23-15-19(25)10-12-22(23)31-3/h4-13,15,21,27H,14H2,1-3H3,(H,26,28)/t21-/m1/s1. The highest BCUT2D eigenvalue weighted by atomic mass is 35.5. The Labute approximate surface area is 193 Å². The minimum absolute atomic E-state index is 0.134. The SMILES string of the molecule is COc1ccc(Cl)cc1S(=O)(=O)N[C@H](Cc1ccccc1)C(=O)Nc1ccc(C)c(C)c1. The summed E-state index contributed by atoms with van der Waals surface area (Å²) in [5, 5.41) is 3.06. The number of hydrogen-bond acceptors (Lipinski definition) is 4. The van der Waals surface area contributed by atoms with Gasteiger partial charge in [0, 0.05) is 10.7 Å². The fourth-order valence-corrected chi connectivity index (χ4v) is 4.82. The van der Waals surface area contributed by atoms with Crippen LogP contribution in [0, 0.1) is 13.8 Å². The van der Waals surface area contributed by atoms with Gasteiger partial charge in [-0.3, -0.25) is 4.79 Å². The first-order valence-corrected chi connectivity index (χ1v) is 11.8. The fourth-order valence-electron chi connectivity index (χ4n) is 3.20. The summed E-state index contributed by atoms with van der Waals surface area (Å²) in [5.74, 6) is -0.336. The summed E-state index contributed by atoms with van der Waals surface area (Å²) in [5.41, 5.74) is 3.52. The van der Waals surface area contributed by atoms with Gasteiger partial charge in [0.2, 0.25) is 15.9 Å². The maximum Gasteiger partial charge on any atom is 0.245 e. The number of ether oxygens (including phenoxy) is 1. The number of methoxy groups -OCH3 is 1. The van der Waals surface area contributed by atoms with Gasteiger partial charge in [0.1, 0.15) is 16.7 Å². The molecule has 0 unspecified atom stereocenters. The number of hydrogen-bond donors (Lipinski definition) is 2. The summed E-state index contributed by atoms with van der Waals surface area (Å²) < 4.78 is 34.1. The third kappa shape index (κ3) is 5.88. The highest BCUT2D eigenvalue weighted by molar-refractivity contribution is 7.89. The number of nitrogens with one attached hydrogen (secondary N) is 2. The fraction of sp³-hybridized carbons (Fsp3) is 0.208. The van der Waals surface area contributed by atoms with E-state index in [9.17, 15) is 13.2 Å². The molecule has 32 heavy (non-hydrogen) atoms. The minimum atomic E-state index is -4.12. The molecule has 0 heterocycles. The van der Waals surface area contributed by atoms with E-state index in [0.717, 1.165) is 16.7 Å². The molecule has 2 N–H and O–H groups in total. The average Bonchev–Trinajstić information content (AvgIpc) is 2.76. The molecule has 1 atom stereocenters. The highest BCUT2D eigenvalue weighted by Gasteiger charge is 2.28. The van der Waals surface area contributed by atoms with Gasteiger partial charge in [0.05, 0.1) is 7.11 Å². The van der Waals surface area contributed by atoms with Crippen molar-refractivity contribution in [2.24, 2.45) is 0 Å². The van der Waals surface area contributed by atoms with Gasteiger partial charge in [0.25, 0.3) is 0 Å². The Balaban J connectivity index is 1.92. The number of carbonyl (C=O) groups excluding carboxylic acids is 1. The number of rotatable bonds is 8. The smallest absolute Gasteiger partial charge is 0.245 e. The Bertz CT molecular complexity index is 1210. The Morgan fingerprint density at radius 2 is 1.72 bits per heavy atom. The lowest BCUT2D eigenvalue weighted by Gasteiger charge is -2.20. The van der Waals surface area contributed by atoms with Gasteiger partial charge < -0.3 is 10.1 Å². The minimum Gasteiger partial charge on any atom is -0.495 e. The molecule has 1 amide bonds. The summed E-state index contributed by atoms with van der Waals surface area (Å²) in [6, 6.07) is 18.0. The zero-order valence-corrected chi connectivity index (χ0v) is 19.6. The van der Waals surface area contributed by atoms with E-state index in [1.807, 2.05) is 56.3 Å². The zero-order valence-electron chi connectivity index (χ0n) is 18.1. The van der Waals surface area contributed by atoms with Crippen LogP contribution in [0.2, 0.25) is 5.02 Å². The van der Waals surface area contributed by atoms with E-state index in [0.29, 0.717) is 5.69 Å². The molecule has 6 nitrogen and oxygen atoms in total. The summed E-state index contributed by atoms with van der Waals surface area (Å²) in [7, 11) is -2.75. The summed E-state index contributed by atoms with van der Waals surface area (Å²) in [4.78, 5) is 13.0. The van der Waals surface area contributed by atoms with E-state index in [1.54, 1.807) is 6.07 Å². The van der Waals surface area contributed by atoms with Crippen molar-refractivity contribution >= 4 is 33.2 Å². The van der Waals surface area contributed by atoms with Crippen molar-refractivity contribution in [1.82, 2.24) is 4.72 Å². The maximum absolute atomic E-state index is 13.2. The third-order valence-corrected chi connectivity index (χ3v) is 6.81. The number of benzene rings is 3. The average molecular weight is 473 g/mol. The first kappa shape index (κ1) is 23.8. The van der Waals surface area contributed by atoms with Crippen LogP contribution in [-0.4, -0.2) is 27.5 Å². The molecular weight excluding hydrogens is 448 g/mol. The number of sulfonamides is 1. The van der Waals surface area contributed by atoms with E-state index in [4.69, 9.17) is 16.3 Å². The second-order valence-electron chi connectivity index (χ2n) is 7.45. The lowest BCUT2D eigenvalue weighted by Crippen LogP contribution is -2.45. The zero-order chi connectivity index (χ0) is 23.3. The molecule has 3 aromatic carbocycles. The molecule has 0 aliphatic rings. The molecule has 0 saturated heterocycles. The molecule has 0 aliphatic heterocycles. The van der Waals surface area contributed by atoms with Crippen molar-refractivity contribution in [3.63, 3.8) is 0 Å². The van der Waals surface area contributed by atoms with Gasteiger partial charge in [-0.2, -0.15) is 4.72 Å². The van der Waals surface area contributed by atoms with Gasteiger partial charge in [-0.05, 0) is 67.3 Å². The van der Waals surface area contributed by atoms with E-state index in [2.05, 4.69) is 10.0 Å². The van der Waals surface area contributed by atoms with Crippen LogP contribution in [0.25, 0.3) is 0 Å². The van der Waals surface area contributed by atoms with Crippen LogP contribution >= 0.6 is 11.6 Å². The van der Waals surface area contributed by atoms with E-state index >= 15 is 0 Å². The van der Waals surface area contributed by atoms with Gasteiger partial charge in [-0.25, -0.2) is 8.42 Å². The van der Waals surface area contributed by atoms with Crippen molar-refractivity contribution in [1.29, 1.82) is 0 Å². The number of carbonyl (C=O) groups is 1. The molecule has 0 saturated carbocycles. The molecule has 0 radical (unpaired) electrons. The molecule has 0 spiro atoms. The molecule has 8 heteroatoms. The molecule has 0 bridgehead atoms. The maximum atomic E-state index is 13.2. The number of aryl methyl sites for hydroxylation is 2. The van der Waals surface area contributed by atoms with Gasteiger partial charge in [-0.15, -0.1) is 0 Å². The van der Waals surface area contributed by atoms with Crippen molar-refractivity contribution < 1.29 is 17.9 Å². The quantitative estimate of drug-likeness (QED) is 0.505. The molecular formula is C24H25ClN2O4S. The Kier molecular flexibility index (Phi) is 7.56. The first-order valence-electron chi connectivity index (χ1n) is 9.97. The van der Waals surface area contributed by atoms with E-state index < -0.39 is 22.0 Å². The largest absolute Gasteiger partial charge is 0.495 e. The van der Waals surface area contributed by atoms with Crippen molar-refractivity contribution in [2.45, 2.75) is 31.2 Å². The van der Waals surface area contributed by atoms with Crippen LogP contribution in [0.15, 0.2) is 71.6 Å². The summed E-state index contributed by atoms with van der Waals surface area (Å²) in [6.07, 6.45) is 0.166. The van der Waals surface area contributed by atoms with Crippen molar-refractivity contribution in [3.05, 3.63) is 88.4 Å². The van der Waals surface area contributed by atoms with E-state index in [-0.39, 0.29) is 22.1 Å². The van der Waals surface area contributed by atoms with Crippen LogP contribution < -0.4 is 14.8 Å². The molecule has 0 fully saturated rings. The van der Waals surface area contributed by atoms with Gasteiger partial charge in [-0.1, -0.05) is 48.0 Å². The lowest BCUT2D eigenvalue weighted by molar-refractivity contribution is -0.117. The predicted octanol–water partition coefficient (Wildman–Crippen LogP) is 4.49. The Hall–Kier alpha value is -2.87. The molecule has 3 rings (SSSR count). The van der Waals surface area contributed by atoms with Gasteiger partial charge in [0.15, 0.2) is 0 Å². The van der Waals surface area contributed by atoms with Crippen LogP contribution in [0.5, 0.6) is 5.75 Å². The van der Waals surface area contributed by atoms with E-state index in [1.165, 1.54) is 25.3 Å². The summed E-state index contributed by atoms with van der Waals surface area (Å²) >= 11 is 6.02. The second kappa shape index (κ2) is 10.2. The molecule has 0 aliphatic carbocycles. The van der Waals surface area contributed by atoms with Gasteiger partial charge >= 0.3 is 0 Å². The highest BCUT2D eigenvalue weighted by Crippen LogP contribution is 2.27. The Morgan fingerprint density at radius 1 is 1.00 bits per heavy atom. The lowest BCUT2D eigenvalue weighted by atomic mass is 10.1. The Morgan fingerprint density at radius 3 is 2.38 bits per heavy atom. The molecule has 3 aromatic rings. The summed E-state index contributed by atoms with van der Waals surface area (Å²) in [6.45, 7) is 3.92.